The third-order valence-electron chi connectivity index (χ3n) is 4.46. The van der Waals surface area contributed by atoms with Crippen molar-refractivity contribution in [1.82, 2.24) is 10.2 Å². The van der Waals surface area contributed by atoms with Gasteiger partial charge in [0.05, 0.1) is 11.4 Å². The minimum atomic E-state index is 0.994. The first kappa shape index (κ1) is 14.3. The molecule has 2 aromatic rings. The second kappa shape index (κ2) is 6.05. The molecular weight excluding hydrogens is 284 g/mol. The molecule has 4 nitrogen and oxygen atoms in total. The quantitative estimate of drug-likeness (QED) is 0.783. The number of hydrogen-bond donors (Lipinski definition) is 2. The van der Waals surface area contributed by atoms with E-state index in [1.54, 1.807) is 0 Å². The number of nitrogens with one attached hydrogen (secondary N) is 2. The van der Waals surface area contributed by atoms with E-state index >= 15 is 0 Å². The summed E-state index contributed by atoms with van der Waals surface area (Å²) in [6.07, 6.45) is 1.15. The zero-order valence-electron chi connectivity index (χ0n) is 13.5. The number of hydrogen-bond acceptors (Lipinski definition) is 4. The van der Waals surface area contributed by atoms with Gasteiger partial charge in [-0.05, 0) is 44.2 Å². The Balaban J connectivity index is 1.86. The van der Waals surface area contributed by atoms with Crippen molar-refractivity contribution < 1.29 is 0 Å². The maximum atomic E-state index is 5.04. The molecule has 0 radical (unpaired) electrons. The summed E-state index contributed by atoms with van der Waals surface area (Å²) in [5, 5.41) is 7.03. The van der Waals surface area contributed by atoms with Crippen molar-refractivity contribution in [2.75, 3.05) is 31.5 Å². The second-order valence-electron chi connectivity index (χ2n) is 6.22. The zero-order valence-corrected chi connectivity index (χ0v) is 13.5. The van der Waals surface area contributed by atoms with Crippen LogP contribution in [0.5, 0.6) is 0 Å². The SMILES string of the molecule is Cc1ccc2c(c1)C(N1CCCNCC1)=Nc1ccccc1N2. The molecule has 2 aliphatic rings. The van der Waals surface area contributed by atoms with Crippen LogP contribution in [-0.2, 0) is 0 Å². The molecule has 2 aliphatic heterocycles. The summed E-state index contributed by atoms with van der Waals surface area (Å²) in [5.41, 5.74) is 5.67. The molecular formula is C19H22N4. The van der Waals surface area contributed by atoms with Crippen molar-refractivity contribution in [2.45, 2.75) is 13.3 Å². The Labute approximate surface area is 137 Å². The Kier molecular flexibility index (Phi) is 3.75. The van der Waals surface area contributed by atoms with E-state index in [0.717, 1.165) is 55.5 Å². The molecule has 118 valence electrons. The van der Waals surface area contributed by atoms with Gasteiger partial charge in [0.15, 0.2) is 0 Å². The molecule has 0 bridgehead atoms. The van der Waals surface area contributed by atoms with Crippen molar-refractivity contribution in [1.29, 1.82) is 0 Å². The summed E-state index contributed by atoms with van der Waals surface area (Å²) in [5.74, 6) is 1.09. The number of fused-ring (bicyclic) bond motifs is 2. The summed E-state index contributed by atoms with van der Waals surface area (Å²) in [4.78, 5) is 7.46. The topological polar surface area (TPSA) is 39.7 Å². The number of aryl methyl sites for hydroxylation is 1. The van der Waals surface area contributed by atoms with E-state index < -0.39 is 0 Å². The van der Waals surface area contributed by atoms with Gasteiger partial charge in [-0.2, -0.15) is 0 Å². The molecule has 0 atom stereocenters. The van der Waals surface area contributed by atoms with Crippen LogP contribution in [0.2, 0.25) is 0 Å². The molecule has 0 spiro atoms. The lowest BCUT2D eigenvalue weighted by Crippen LogP contribution is -2.35. The van der Waals surface area contributed by atoms with E-state index in [2.05, 4.69) is 58.9 Å². The average Bonchev–Trinajstić information content (AvgIpc) is 2.92. The summed E-state index contributed by atoms with van der Waals surface area (Å²) < 4.78 is 0. The average molecular weight is 306 g/mol. The van der Waals surface area contributed by atoms with Crippen LogP contribution in [0.15, 0.2) is 47.5 Å². The fourth-order valence-corrected chi connectivity index (χ4v) is 3.25. The second-order valence-corrected chi connectivity index (χ2v) is 6.22. The number of para-hydroxylation sites is 2. The first-order chi connectivity index (χ1) is 11.3. The first-order valence-electron chi connectivity index (χ1n) is 8.33. The van der Waals surface area contributed by atoms with Crippen molar-refractivity contribution in [3.63, 3.8) is 0 Å². The van der Waals surface area contributed by atoms with Crippen LogP contribution in [0, 0.1) is 6.92 Å². The van der Waals surface area contributed by atoms with Gasteiger partial charge in [-0.25, -0.2) is 4.99 Å². The zero-order chi connectivity index (χ0) is 15.6. The van der Waals surface area contributed by atoms with Crippen LogP contribution in [0.4, 0.5) is 17.1 Å². The highest BCUT2D eigenvalue weighted by Gasteiger charge is 2.22. The maximum absolute atomic E-state index is 5.04. The van der Waals surface area contributed by atoms with Gasteiger partial charge in [-0.1, -0.05) is 23.8 Å². The van der Waals surface area contributed by atoms with Crippen molar-refractivity contribution in [2.24, 2.45) is 4.99 Å². The Bertz CT molecular complexity index is 743. The Hall–Kier alpha value is -2.33. The maximum Gasteiger partial charge on any atom is 0.138 e. The lowest BCUT2D eigenvalue weighted by Gasteiger charge is -2.25. The van der Waals surface area contributed by atoms with Gasteiger partial charge in [0.25, 0.3) is 0 Å². The number of anilines is 2. The fraction of sp³-hybridized carbons (Fsp3) is 0.316. The molecule has 2 heterocycles. The molecule has 2 N–H and O–H groups in total. The number of rotatable bonds is 0. The molecule has 0 amide bonds. The van der Waals surface area contributed by atoms with Gasteiger partial charge in [0, 0.05) is 30.9 Å². The molecule has 1 saturated heterocycles. The molecule has 0 aromatic heterocycles. The Morgan fingerprint density at radius 3 is 2.87 bits per heavy atom. The fourth-order valence-electron chi connectivity index (χ4n) is 3.25. The molecule has 0 aliphatic carbocycles. The summed E-state index contributed by atoms with van der Waals surface area (Å²) in [6.45, 7) is 6.27. The van der Waals surface area contributed by atoms with E-state index in [4.69, 9.17) is 4.99 Å². The minimum Gasteiger partial charge on any atom is -0.355 e. The lowest BCUT2D eigenvalue weighted by molar-refractivity contribution is 0.447. The van der Waals surface area contributed by atoms with Crippen LogP contribution in [-0.4, -0.2) is 36.9 Å². The molecule has 23 heavy (non-hydrogen) atoms. The van der Waals surface area contributed by atoms with E-state index in [0.29, 0.717) is 0 Å². The van der Waals surface area contributed by atoms with Crippen LogP contribution < -0.4 is 10.6 Å². The van der Waals surface area contributed by atoms with Gasteiger partial charge < -0.3 is 15.5 Å². The molecule has 2 aromatic carbocycles. The van der Waals surface area contributed by atoms with Crippen LogP contribution >= 0.6 is 0 Å². The van der Waals surface area contributed by atoms with Crippen LogP contribution in [0.3, 0.4) is 0 Å². The smallest absolute Gasteiger partial charge is 0.138 e. The third kappa shape index (κ3) is 2.82. The molecule has 4 heteroatoms. The third-order valence-corrected chi connectivity index (χ3v) is 4.46. The Morgan fingerprint density at radius 2 is 1.91 bits per heavy atom. The minimum absolute atomic E-state index is 0.994. The predicted molar refractivity (Wildman–Crippen MR) is 96.2 cm³/mol. The van der Waals surface area contributed by atoms with E-state index in [9.17, 15) is 0 Å². The number of amidine groups is 1. The summed E-state index contributed by atoms with van der Waals surface area (Å²) in [6, 6.07) is 14.8. The monoisotopic (exact) mass is 306 g/mol. The molecule has 4 rings (SSSR count). The first-order valence-corrected chi connectivity index (χ1v) is 8.33. The van der Waals surface area contributed by atoms with Crippen molar-refractivity contribution >= 4 is 22.9 Å². The largest absolute Gasteiger partial charge is 0.355 e. The molecule has 0 unspecified atom stereocenters. The van der Waals surface area contributed by atoms with Gasteiger partial charge in [-0.3, -0.25) is 0 Å². The van der Waals surface area contributed by atoms with E-state index in [1.165, 1.54) is 11.1 Å². The van der Waals surface area contributed by atoms with Gasteiger partial charge >= 0.3 is 0 Å². The normalized spacial score (nSPS) is 17.3. The van der Waals surface area contributed by atoms with Gasteiger partial charge in [0.2, 0.25) is 0 Å². The Morgan fingerprint density at radius 1 is 1.00 bits per heavy atom. The highest BCUT2D eigenvalue weighted by atomic mass is 15.2. The van der Waals surface area contributed by atoms with Crippen molar-refractivity contribution in [3.05, 3.63) is 53.6 Å². The van der Waals surface area contributed by atoms with E-state index in [1.807, 2.05) is 6.07 Å². The summed E-state index contributed by atoms with van der Waals surface area (Å²) >= 11 is 0. The predicted octanol–water partition coefficient (Wildman–Crippen LogP) is 3.43. The highest BCUT2D eigenvalue weighted by Crippen LogP contribution is 2.35. The van der Waals surface area contributed by atoms with E-state index in [-0.39, 0.29) is 0 Å². The summed E-state index contributed by atoms with van der Waals surface area (Å²) in [7, 11) is 0. The molecule has 0 saturated carbocycles. The van der Waals surface area contributed by atoms with Crippen molar-refractivity contribution in [3.8, 4) is 0 Å². The van der Waals surface area contributed by atoms with Crippen LogP contribution in [0.25, 0.3) is 0 Å². The lowest BCUT2D eigenvalue weighted by atomic mass is 10.1. The van der Waals surface area contributed by atoms with Gasteiger partial charge in [0.1, 0.15) is 5.84 Å². The molecule has 1 fully saturated rings. The number of nitrogens with zero attached hydrogens (tertiary/aromatic N) is 2. The standard InChI is InChI=1S/C19H22N4/c1-14-7-8-16-15(13-14)19(23-11-4-9-20-10-12-23)22-18-6-3-2-5-17(18)21-16/h2-3,5-8,13,20-21H,4,9-12H2,1H3. The van der Waals surface area contributed by atoms with Gasteiger partial charge in [-0.15, -0.1) is 0 Å². The van der Waals surface area contributed by atoms with Crippen LogP contribution in [0.1, 0.15) is 17.5 Å². The number of aliphatic imine (C=N–C) groups is 1. The highest BCUT2D eigenvalue weighted by molar-refractivity contribution is 6.07. The number of benzene rings is 2.